The van der Waals surface area contributed by atoms with E-state index in [-0.39, 0.29) is 27.9 Å². The Morgan fingerprint density at radius 2 is 1.90 bits per heavy atom. The quantitative estimate of drug-likeness (QED) is 0.404. The average Bonchev–Trinajstić information content (AvgIpc) is 3.03. The molecule has 0 unspecified atom stereocenters. The van der Waals surface area contributed by atoms with E-state index in [0.717, 1.165) is 13.8 Å². The van der Waals surface area contributed by atoms with Crippen molar-refractivity contribution in [3.05, 3.63) is 51.8 Å². The molecule has 2 aromatic rings. The van der Waals surface area contributed by atoms with Crippen LogP contribution in [-0.2, 0) is 9.53 Å². The molecule has 0 fully saturated rings. The number of carbonyl (C=O) groups is 3. The first-order chi connectivity index (χ1) is 14.0. The van der Waals surface area contributed by atoms with Crippen LogP contribution in [0.2, 0.25) is 0 Å². The molecule has 10 heteroatoms. The number of esters is 1. The van der Waals surface area contributed by atoms with E-state index in [1.165, 1.54) is 18.2 Å². The molecule has 0 saturated heterocycles. The fraction of sp³-hybridized carbons (Fsp3) is 0.300. The highest BCUT2D eigenvalue weighted by Crippen LogP contribution is 2.49. The van der Waals surface area contributed by atoms with Crippen molar-refractivity contribution in [3.63, 3.8) is 0 Å². The molecule has 30 heavy (non-hydrogen) atoms. The lowest BCUT2D eigenvalue weighted by molar-refractivity contribution is -0.206. The Bertz CT molecular complexity index is 1190. The lowest BCUT2D eigenvalue weighted by atomic mass is 9.75. The summed E-state index contributed by atoms with van der Waals surface area (Å²) in [5.41, 5.74) is -4.16. The molecule has 2 aliphatic carbocycles. The highest BCUT2D eigenvalue weighted by Gasteiger charge is 2.56. The molecule has 1 aromatic heterocycles. The zero-order chi connectivity index (χ0) is 22.1. The molecule has 0 aliphatic heterocycles. The first kappa shape index (κ1) is 19.8. The first-order valence-electron chi connectivity index (χ1n) is 8.89. The topological polar surface area (TPSA) is 170 Å². The zero-order valence-electron chi connectivity index (χ0n) is 15.8. The minimum atomic E-state index is -2.24. The molecule has 0 spiro atoms. The number of nitriles is 1. The van der Waals surface area contributed by atoms with Gasteiger partial charge in [0.25, 0.3) is 0 Å². The van der Waals surface area contributed by atoms with Gasteiger partial charge in [-0.25, -0.2) is 4.57 Å². The summed E-state index contributed by atoms with van der Waals surface area (Å²) in [6, 6.07) is 3.87. The maximum absolute atomic E-state index is 13.2. The summed E-state index contributed by atoms with van der Waals surface area (Å²) in [5.74, 6) is -2.96. The van der Waals surface area contributed by atoms with Crippen LogP contribution in [0, 0.1) is 11.5 Å². The largest absolute Gasteiger partial charge is 0.507 e. The molecule has 4 atom stereocenters. The van der Waals surface area contributed by atoms with Crippen LogP contribution in [0.1, 0.15) is 69.3 Å². The van der Waals surface area contributed by atoms with Gasteiger partial charge in [-0.3, -0.25) is 14.4 Å². The van der Waals surface area contributed by atoms with Gasteiger partial charge in [-0.2, -0.15) is 5.26 Å². The molecule has 0 saturated carbocycles. The van der Waals surface area contributed by atoms with Gasteiger partial charge in [0.15, 0.2) is 18.1 Å². The third-order valence-electron chi connectivity index (χ3n) is 5.57. The van der Waals surface area contributed by atoms with E-state index in [0.29, 0.717) is 4.57 Å². The van der Waals surface area contributed by atoms with E-state index in [1.807, 2.05) is 0 Å². The number of hydrogen-bond donors (Lipinski definition) is 4. The number of aromatic nitrogens is 1. The number of hydrogen-bond acceptors (Lipinski definition) is 9. The van der Waals surface area contributed by atoms with E-state index >= 15 is 0 Å². The van der Waals surface area contributed by atoms with Gasteiger partial charge in [-0.1, -0.05) is 12.1 Å². The summed E-state index contributed by atoms with van der Waals surface area (Å²) >= 11 is 0. The van der Waals surface area contributed by atoms with Crippen molar-refractivity contribution in [1.82, 2.24) is 4.57 Å². The minimum Gasteiger partial charge on any atom is -0.507 e. The lowest BCUT2D eigenvalue weighted by Gasteiger charge is -2.42. The van der Waals surface area contributed by atoms with Gasteiger partial charge in [-0.05, 0) is 13.0 Å². The monoisotopic (exact) mass is 412 g/mol. The SMILES string of the molecule is CC(=O)O[C@@H]1[C@@H](O)c2c3c(n(C#N)c2[C@@H](O)[C@@]1(C)O)C(=O)c1c(O)cccc1C3=O. The number of rotatable bonds is 1. The second kappa shape index (κ2) is 6.24. The number of carbonyl (C=O) groups excluding carboxylic acids is 3. The summed E-state index contributed by atoms with van der Waals surface area (Å²) in [4.78, 5) is 37.8. The highest BCUT2D eigenvalue weighted by atomic mass is 16.6. The molecule has 2 aliphatic rings. The first-order valence-corrected chi connectivity index (χ1v) is 8.89. The fourth-order valence-electron chi connectivity index (χ4n) is 4.21. The number of benzene rings is 1. The molecule has 10 nitrogen and oxygen atoms in total. The minimum absolute atomic E-state index is 0.145. The van der Waals surface area contributed by atoms with E-state index in [9.17, 15) is 40.1 Å². The number of fused-ring (bicyclic) bond motifs is 4. The summed E-state index contributed by atoms with van der Waals surface area (Å²) < 4.78 is 5.66. The average molecular weight is 412 g/mol. The number of aromatic hydroxyl groups is 1. The Morgan fingerprint density at radius 3 is 2.50 bits per heavy atom. The zero-order valence-corrected chi connectivity index (χ0v) is 15.8. The normalized spacial score (nSPS) is 27.0. The number of aliphatic hydroxyl groups is 3. The van der Waals surface area contributed by atoms with Crippen molar-refractivity contribution in [2.24, 2.45) is 0 Å². The molecule has 0 radical (unpaired) electrons. The lowest BCUT2D eigenvalue weighted by Crippen LogP contribution is -2.54. The number of nitrogens with zero attached hydrogens (tertiary/aromatic N) is 2. The van der Waals surface area contributed by atoms with Gasteiger partial charge in [0, 0.05) is 18.1 Å². The second-order valence-electron chi connectivity index (χ2n) is 7.42. The number of aliphatic hydroxyl groups excluding tert-OH is 2. The fourth-order valence-corrected chi connectivity index (χ4v) is 4.21. The molecule has 154 valence electrons. The van der Waals surface area contributed by atoms with Gasteiger partial charge < -0.3 is 25.2 Å². The van der Waals surface area contributed by atoms with E-state index in [1.54, 1.807) is 6.19 Å². The molecule has 0 amide bonds. The Balaban J connectivity index is 2.07. The van der Waals surface area contributed by atoms with E-state index in [4.69, 9.17) is 4.74 Å². The van der Waals surface area contributed by atoms with Crippen LogP contribution in [0.15, 0.2) is 18.2 Å². The maximum Gasteiger partial charge on any atom is 0.303 e. The number of phenols is 1. The molecule has 1 heterocycles. The van der Waals surface area contributed by atoms with Gasteiger partial charge in [0.1, 0.15) is 29.3 Å². The van der Waals surface area contributed by atoms with Gasteiger partial charge >= 0.3 is 5.97 Å². The second-order valence-corrected chi connectivity index (χ2v) is 7.42. The van der Waals surface area contributed by atoms with Crippen LogP contribution in [-0.4, -0.2) is 54.2 Å². The third-order valence-corrected chi connectivity index (χ3v) is 5.57. The van der Waals surface area contributed by atoms with Crippen molar-refractivity contribution in [1.29, 1.82) is 5.26 Å². The molecule has 1 aromatic carbocycles. The third kappa shape index (κ3) is 2.31. The van der Waals surface area contributed by atoms with Crippen molar-refractivity contribution < 1.29 is 39.5 Å². The molecule has 0 bridgehead atoms. The predicted molar refractivity (Wildman–Crippen MR) is 96.5 cm³/mol. The summed E-state index contributed by atoms with van der Waals surface area (Å²) in [6.07, 6.45) is -3.70. The van der Waals surface area contributed by atoms with Crippen LogP contribution in [0.5, 0.6) is 5.75 Å². The van der Waals surface area contributed by atoms with Crippen molar-refractivity contribution in [3.8, 4) is 11.9 Å². The van der Waals surface area contributed by atoms with Crippen LogP contribution < -0.4 is 0 Å². The Kier molecular flexibility index (Phi) is 4.11. The van der Waals surface area contributed by atoms with Crippen molar-refractivity contribution in [2.75, 3.05) is 0 Å². The molecule has 4 N–H and O–H groups in total. The van der Waals surface area contributed by atoms with E-state index < -0.39 is 52.9 Å². The molecular weight excluding hydrogens is 396 g/mol. The Hall–Kier alpha value is -3.52. The Morgan fingerprint density at radius 1 is 1.23 bits per heavy atom. The van der Waals surface area contributed by atoms with Crippen LogP contribution in [0.3, 0.4) is 0 Å². The predicted octanol–water partition coefficient (Wildman–Crippen LogP) is 0.0614. The van der Waals surface area contributed by atoms with Crippen molar-refractivity contribution in [2.45, 2.75) is 37.8 Å². The summed E-state index contributed by atoms with van der Waals surface area (Å²) in [7, 11) is 0. The summed E-state index contributed by atoms with van der Waals surface area (Å²) in [6.45, 7) is 2.13. The van der Waals surface area contributed by atoms with Gasteiger partial charge in [-0.15, -0.1) is 0 Å². The molecular formula is C20H16N2O8. The van der Waals surface area contributed by atoms with Gasteiger partial charge in [0.2, 0.25) is 5.78 Å². The van der Waals surface area contributed by atoms with Crippen molar-refractivity contribution >= 4 is 17.5 Å². The standard InChI is InChI=1S/C20H16N2O8/c1-7(23)30-19-17(27)12-11-13(22(6-21)14(12)18(28)20(19,2)29)16(26)10-8(15(11)25)4-3-5-9(10)24/h3-5,17-19,24,27-29H,1-2H3/t17-,18+,19+,20+/m0/s1. The van der Waals surface area contributed by atoms with E-state index in [2.05, 4.69) is 0 Å². The number of phenolic OH excluding ortho intramolecular Hbond substituents is 1. The van der Waals surface area contributed by atoms with Gasteiger partial charge in [0.05, 0.1) is 16.8 Å². The van der Waals surface area contributed by atoms with Crippen LogP contribution >= 0.6 is 0 Å². The number of ether oxygens (including phenoxy) is 1. The van der Waals surface area contributed by atoms with Crippen LogP contribution in [0.4, 0.5) is 0 Å². The Labute approximate surface area is 169 Å². The smallest absolute Gasteiger partial charge is 0.303 e. The molecule has 4 rings (SSSR count). The maximum atomic E-state index is 13.2. The summed E-state index contributed by atoms with van der Waals surface area (Å²) in [5, 5.41) is 52.3. The number of ketones is 2. The highest BCUT2D eigenvalue weighted by molar-refractivity contribution is 6.29. The van der Waals surface area contributed by atoms with Crippen LogP contribution in [0.25, 0.3) is 0 Å².